The Morgan fingerprint density at radius 1 is 0.553 bits per heavy atom. The van der Waals surface area contributed by atoms with E-state index in [2.05, 4.69) is 83.4 Å². The highest BCUT2D eigenvalue weighted by Crippen LogP contribution is 2.44. The Hall–Kier alpha value is -5.22. The van der Waals surface area contributed by atoms with E-state index in [1.165, 1.54) is 32.3 Å². The summed E-state index contributed by atoms with van der Waals surface area (Å²) in [7, 11) is 0. The lowest BCUT2D eigenvalue weighted by Gasteiger charge is -2.12. The van der Waals surface area contributed by atoms with Crippen molar-refractivity contribution in [3.05, 3.63) is 115 Å². The molecule has 0 amide bonds. The topological polar surface area (TPSA) is 43.9 Å². The number of nitrogens with zero attached hydrogens (tertiary/aromatic N) is 3. The summed E-state index contributed by atoms with van der Waals surface area (Å²) in [6.45, 7) is 0. The van der Waals surface area contributed by atoms with E-state index in [1.54, 1.807) is 0 Å². The van der Waals surface area contributed by atoms with Crippen molar-refractivity contribution in [2.24, 2.45) is 0 Å². The van der Waals surface area contributed by atoms with Crippen LogP contribution in [0.5, 0.6) is 0 Å². The maximum Gasteiger partial charge on any atom is 0.159 e. The van der Waals surface area contributed by atoms with Gasteiger partial charge in [-0.2, -0.15) is 0 Å². The summed E-state index contributed by atoms with van der Waals surface area (Å²) in [6.07, 6.45) is 1.95. The normalized spacial score (nSPS) is 12.2. The predicted molar refractivity (Wildman–Crippen MR) is 155 cm³/mol. The highest BCUT2D eigenvalue weighted by Gasteiger charge is 2.20. The van der Waals surface area contributed by atoms with Crippen LogP contribution < -0.4 is 0 Å². The Morgan fingerprint density at radius 2 is 1.26 bits per heavy atom. The van der Waals surface area contributed by atoms with E-state index in [1.807, 2.05) is 36.5 Å². The first-order valence-corrected chi connectivity index (χ1v) is 12.8. The van der Waals surface area contributed by atoms with Crippen LogP contribution >= 0.6 is 0 Å². The first-order chi connectivity index (χ1) is 18.8. The molecule has 6 aromatic carbocycles. The SMILES string of the molecule is c1ccc(-c2ncc3c(n2)c2ccccc2n3-c2cc3oc4cccc5c6ccccc6c(c2)c3c45)cc1. The number of para-hydroxylation sites is 1. The van der Waals surface area contributed by atoms with Gasteiger partial charge in [0.25, 0.3) is 0 Å². The van der Waals surface area contributed by atoms with Crippen LogP contribution in [0.4, 0.5) is 0 Å². The van der Waals surface area contributed by atoms with Gasteiger partial charge in [-0.05, 0) is 39.7 Å². The van der Waals surface area contributed by atoms with Crippen LogP contribution in [-0.2, 0) is 0 Å². The van der Waals surface area contributed by atoms with Crippen molar-refractivity contribution in [2.75, 3.05) is 0 Å². The Labute approximate surface area is 216 Å². The van der Waals surface area contributed by atoms with Crippen molar-refractivity contribution in [1.82, 2.24) is 14.5 Å². The van der Waals surface area contributed by atoms with Crippen molar-refractivity contribution >= 4 is 65.4 Å². The summed E-state index contributed by atoms with van der Waals surface area (Å²) >= 11 is 0. The minimum Gasteiger partial charge on any atom is -0.456 e. The molecular weight excluding hydrogens is 466 g/mol. The lowest BCUT2D eigenvalue weighted by molar-refractivity contribution is 0.669. The standard InChI is InChI=1S/C34H19N3O/c1-2-9-20(10-3-1)34-35-19-28-33(36-34)25-13-6-7-15-27(25)37(28)21-17-26-23-12-5-4-11-22(23)24-14-8-16-29-31(24)32(26)30(18-21)38-29/h1-19H. The molecule has 0 aliphatic rings. The summed E-state index contributed by atoms with van der Waals surface area (Å²) in [6, 6.07) is 38.0. The molecule has 0 saturated carbocycles. The average molecular weight is 486 g/mol. The second kappa shape index (κ2) is 7.17. The van der Waals surface area contributed by atoms with Crippen LogP contribution in [0, 0.1) is 0 Å². The quantitative estimate of drug-likeness (QED) is 0.230. The largest absolute Gasteiger partial charge is 0.456 e. The fourth-order valence-corrected chi connectivity index (χ4v) is 6.19. The minimum absolute atomic E-state index is 0.727. The minimum atomic E-state index is 0.727. The third kappa shape index (κ3) is 2.53. The molecule has 38 heavy (non-hydrogen) atoms. The van der Waals surface area contributed by atoms with E-state index >= 15 is 0 Å². The molecule has 4 heteroatoms. The van der Waals surface area contributed by atoms with Crippen molar-refractivity contribution < 1.29 is 4.42 Å². The molecule has 0 spiro atoms. The fraction of sp³-hybridized carbons (Fsp3) is 0. The molecule has 9 aromatic rings. The van der Waals surface area contributed by atoms with Crippen LogP contribution in [0.1, 0.15) is 0 Å². The molecule has 0 unspecified atom stereocenters. The van der Waals surface area contributed by atoms with Crippen LogP contribution in [0.2, 0.25) is 0 Å². The van der Waals surface area contributed by atoms with Crippen molar-refractivity contribution in [2.45, 2.75) is 0 Å². The Bertz CT molecular complexity index is 2340. The number of hydrogen-bond donors (Lipinski definition) is 0. The van der Waals surface area contributed by atoms with Gasteiger partial charge >= 0.3 is 0 Å². The van der Waals surface area contributed by atoms with Crippen molar-refractivity contribution in [3.63, 3.8) is 0 Å². The molecule has 0 aliphatic carbocycles. The third-order valence-corrected chi connectivity index (χ3v) is 7.79. The van der Waals surface area contributed by atoms with E-state index < -0.39 is 0 Å². The van der Waals surface area contributed by atoms with E-state index in [-0.39, 0.29) is 0 Å². The van der Waals surface area contributed by atoms with Gasteiger partial charge in [0.15, 0.2) is 5.82 Å². The lowest BCUT2D eigenvalue weighted by Crippen LogP contribution is -1.96. The van der Waals surface area contributed by atoms with Gasteiger partial charge in [0.2, 0.25) is 0 Å². The first-order valence-electron chi connectivity index (χ1n) is 12.8. The number of furan rings is 1. The molecule has 4 nitrogen and oxygen atoms in total. The number of benzene rings is 6. The predicted octanol–water partition coefficient (Wildman–Crippen LogP) is 8.88. The molecule has 0 atom stereocenters. The average Bonchev–Trinajstić information content (AvgIpc) is 3.52. The monoisotopic (exact) mass is 485 g/mol. The Kier molecular flexibility index (Phi) is 3.76. The summed E-state index contributed by atoms with van der Waals surface area (Å²) < 4.78 is 8.75. The van der Waals surface area contributed by atoms with Gasteiger partial charge in [0.05, 0.1) is 22.9 Å². The molecule has 9 rings (SSSR count). The maximum atomic E-state index is 6.48. The molecule has 0 bridgehead atoms. The first kappa shape index (κ1) is 19.9. The van der Waals surface area contributed by atoms with E-state index in [4.69, 9.17) is 14.4 Å². The summed E-state index contributed by atoms with van der Waals surface area (Å²) in [4.78, 5) is 9.84. The summed E-state index contributed by atoms with van der Waals surface area (Å²) in [5.74, 6) is 0.727. The highest BCUT2D eigenvalue weighted by atomic mass is 16.3. The van der Waals surface area contributed by atoms with Crippen LogP contribution in [-0.4, -0.2) is 14.5 Å². The Balaban J connectivity index is 1.42. The Morgan fingerprint density at radius 3 is 2.13 bits per heavy atom. The smallest absolute Gasteiger partial charge is 0.159 e. The van der Waals surface area contributed by atoms with E-state index in [0.717, 1.165) is 50.2 Å². The van der Waals surface area contributed by atoms with Gasteiger partial charge in [0, 0.05) is 27.8 Å². The second-order valence-corrected chi connectivity index (χ2v) is 9.84. The van der Waals surface area contributed by atoms with Gasteiger partial charge < -0.3 is 8.98 Å². The maximum absolute atomic E-state index is 6.48. The zero-order valence-electron chi connectivity index (χ0n) is 20.2. The van der Waals surface area contributed by atoms with Gasteiger partial charge in [-0.15, -0.1) is 0 Å². The molecule has 3 heterocycles. The summed E-state index contributed by atoms with van der Waals surface area (Å²) in [5.41, 5.74) is 6.85. The van der Waals surface area contributed by atoms with Gasteiger partial charge in [-0.3, -0.25) is 0 Å². The molecule has 176 valence electrons. The third-order valence-electron chi connectivity index (χ3n) is 7.79. The van der Waals surface area contributed by atoms with Crippen LogP contribution in [0.3, 0.4) is 0 Å². The number of aromatic nitrogens is 3. The highest BCUT2D eigenvalue weighted by molar-refractivity contribution is 6.33. The summed E-state index contributed by atoms with van der Waals surface area (Å²) in [5, 5.41) is 8.37. The molecular formula is C34H19N3O. The fourth-order valence-electron chi connectivity index (χ4n) is 6.19. The number of hydrogen-bond acceptors (Lipinski definition) is 3. The van der Waals surface area contributed by atoms with Gasteiger partial charge in [-0.1, -0.05) is 84.9 Å². The zero-order valence-corrected chi connectivity index (χ0v) is 20.2. The molecule has 0 fully saturated rings. The second-order valence-electron chi connectivity index (χ2n) is 9.84. The molecule has 0 N–H and O–H groups in total. The molecule has 0 aliphatic heterocycles. The van der Waals surface area contributed by atoms with E-state index in [9.17, 15) is 0 Å². The molecule has 0 saturated heterocycles. The van der Waals surface area contributed by atoms with Gasteiger partial charge in [-0.25, -0.2) is 9.97 Å². The van der Waals surface area contributed by atoms with Gasteiger partial charge in [0.1, 0.15) is 16.7 Å². The molecule has 3 aromatic heterocycles. The van der Waals surface area contributed by atoms with Crippen molar-refractivity contribution in [1.29, 1.82) is 0 Å². The van der Waals surface area contributed by atoms with Crippen molar-refractivity contribution in [3.8, 4) is 17.1 Å². The van der Waals surface area contributed by atoms with E-state index in [0.29, 0.717) is 0 Å². The van der Waals surface area contributed by atoms with Crippen LogP contribution in [0.15, 0.2) is 120 Å². The zero-order chi connectivity index (χ0) is 24.8. The number of rotatable bonds is 2. The molecule has 0 radical (unpaired) electrons. The lowest BCUT2D eigenvalue weighted by atomic mass is 9.94. The number of fused-ring (bicyclic) bond motifs is 6. The van der Waals surface area contributed by atoms with Crippen LogP contribution in [0.25, 0.3) is 82.5 Å².